The molecule has 0 saturated carbocycles. The predicted octanol–water partition coefficient (Wildman–Crippen LogP) is 14.4. The van der Waals surface area contributed by atoms with Gasteiger partial charge in [-0.1, -0.05) is 153 Å². The Hall–Kier alpha value is -6.64. The Morgan fingerprint density at radius 1 is 0.377 bits per heavy atom. The summed E-state index contributed by atoms with van der Waals surface area (Å²) in [5, 5.41) is 2.30. The van der Waals surface area contributed by atoms with E-state index in [0.29, 0.717) is 0 Å². The van der Waals surface area contributed by atoms with Crippen molar-refractivity contribution in [2.24, 2.45) is 0 Å². The van der Waals surface area contributed by atoms with Crippen molar-refractivity contribution in [1.29, 1.82) is 0 Å². The second-order valence-electron chi connectivity index (χ2n) is 14.6. The molecule has 2 nitrogen and oxygen atoms in total. The molecule has 1 aliphatic rings. The Balaban J connectivity index is 0.981. The van der Waals surface area contributed by atoms with Gasteiger partial charge in [0.25, 0.3) is 0 Å². The van der Waals surface area contributed by atoms with Gasteiger partial charge in [-0.3, -0.25) is 0 Å². The topological polar surface area (TPSA) is 16.4 Å². The average Bonchev–Trinajstić information content (AvgIpc) is 3.71. The first-order chi connectivity index (χ1) is 26.0. The third-order valence-corrected chi connectivity index (χ3v) is 11.1. The molecule has 9 aromatic rings. The molecule has 0 fully saturated rings. The van der Waals surface area contributed by atoms with Crippen molar-refractivity contribution in [3.63, 3.8) is 0 Å². The number of furan rings is 1. The van der Waals surface area contributed by atoms with Gasteiger partial charge in [-0.15, -0.1) is 0 Å². The van der Waals surface area contributed by atoms with Crippen LogP contribution in [0.5, 0.6) is 0 Å². The molecule has 0 atom stereocenters. The largest absolute Gasteiger partial charge is 0.455 e. The van der Waals surface area contributed by atoms with Crippen molar-refractivity contribution < 1.29 is 4.42 Å². The van der Waals surface area contributed by atoms with Crippen LogP contribution in [-0.4, -0.2) is 0 Å². The minimum atomic E-state index is -0.139. The lowest BCUT2D eigenvalue weighted by Gasteiger charge is -2.28. The monoisotopic (exact) mass is 679 g/mol. The second-order valence-corrected chi connectivity index (χ2v) is 14.6. The van der Waals surface area contributed by atoms with Crippen molar-refractivity contribution >= 4 is 39.0 Å². The number of rotatable bonds is 6. The van der Waals surface area contributed by atoms with E-state index in [1.54, 1.807) is 0 Å². The Kier molecular flexibility index (Phi) is 7.19. The molecule has 0 unspecified atom stereocenters. The summed E-state index contributed by atoms with van der Waals surface area (Å²) < 4.78 is 6.33. The molecule has 0 amide bonds. The highest BCUT2D eigenvalue weighted by molar-refractivity contribution is 6.09. The molecule has 0 N–H and O–H groups in total. The predicted molar refractivity (Wildman–Crippen MR) is 222 cm³/mol. The number of hydrogen-bond acceptors (Lipinski definition) is 2. The smallest absolute Gasteiger partial charge is 0.143 e. The summed E-state index contributed by atoms with van der Waals surface area (Å²) in [6, 6.07) is 67.8. The van der Waals surface area contributed by atoms with Crippen molar-refractivity contribution in [1.82, 2.24) is 0 Å². The van der Waals surface area contributed by atoms with E-state index in [2.05, 4.69) is 195 Å². The molecule has 53 heavy (non-hydrogen) atoms. The number of fused-ring (bicyclic) bond motifs is 6. The first kappa shape index (κ1) is 31.1. The Bertz CT molecular complexity index is 2780. The van der Waals surface area contributed by atoms with Crippen LogP contribution < -0.4 is 4.90 Å². The SMILES string of the molecule is CC1(C)c2cc(-c3ccccc3)ccc2-c2ccc(N(c3ccccc3)c3ccc(-c4ccc(-c5cccc6c5oc5ccccc56)cc4)cc3)cc21. The van der Waals surface area contributed by atoms with Crippen LogP contribution in [0, 0.1) is 0 Å². The summed E-state index contributed by atoms with van der Waals surface area (Å²) in [5.74, 6) is 0. The highest BCUT2D eigenvalue weighted by Gasteiger charge is 2.36. The maximum Gasteiger partial charge on any atom is 0.143 e. The van der Waals surface area contributed by atoms with Crippen LogP contribution in [0.25, 0.3) is 66.4 Å². The van der Waals surface area contributed by atoms with Gasteiger partial charge in [0.1, 0.15) is 11.2 Å². The van der Waals surface area contributed by atoms with Gasteiger partial charge in [0.05, 0.1) is 0 Å². The zero-order valence-corrected chi connectivity index (χ0v) is 29.8. The maximum atomic E-state index is 6.33. The molecular weight excluding hydrogens is 643 g/mol. The molecule has 1 aromatic heterocycles. The fraction of sp³-hybridized carbons (Fsp3) is 0.0588. The highest BCUT2D eigenvalue weighted by atomic mass is 16.3. The first-order valence-electron chi connectivity index (χ1n) is 18.3. The summed E-state index contributed by atoms with van der Waals surface area (Å²) >= 11 is 0. The molecule has 2 heteroatoms. The Labute approximate surface area is 310 Å². The van der Waals surface area contributed by atoms with Gasteiger partial charge in [0.2, 0.25) is 0 Å². The fourth-order valence-corrected chi connectivity index (χ4v) is 8.32. The lowest BCUT2D eigenvalue weighted by atomic mass is 9.81. The lowest BCUT2D eigenvalue weighted by molar-refractivity contribution is 0.660. The summed E-state index contributed by atoms with van der Waals surface area (Å²) in [7, 11) is 0. The zero-order valence-electron chi connectivity index (χ0n) is 29.8. The van der Waals surface area contributed by atoms with E-state index < -0.39 is 0 Å². The molecule has 8 aromatic carbocycles. The number of benzene rings is 8. The van der Waals surface area contributed by atoms with Gasteiger partial charge in [0, 0.05) is 38.8 Å². The van der Waals surface area contributed by atoms with Crippen LogP contribution in [0.4, 0.5) is 17.1 Å². The maximum absolute atomic E-state index is 6.33. The van der Waals surface area contributed by atoms with Crippen molar-refractivity contribution in [2.75, 3.05) is 4.90 Å². The normalized spacial score (nSPS) is 12.9. The van der Waals surface area contributed by atoms with E-state index in [9.17, 15) is 0 Å². The minimum Gasteiger partial charge on any atom is -0.455 e. The summed E-state index contributed by atoms with van der Waals surface area (Å²) in [6.45, 7) is 4.72. The second kappa shape index (κ2) is 12.3. The number of hydrogen-bond donors (Lipinski definition) is 0. The summed E-state index contributed by atoms with van der Waals surface area (Å²) in [4.78, 5) is 2.37. The Morgan fingerprint density at radius 3 is 1.66 bits per heavy atom. The van der Waals surface area contributed by atoms with Crippen molar-refractivity contribution in [2.45, 2.75) is 19.3 Å². The molecule has 1 aliphatic carbocycles. The van der Waals surface area contributed by atoms with Crippen LogP contribution in [0.15, 0.2) is 192 Å². The molecular formula is C51H37NO. The van der Waals surface area contributed by atoms with E-state index in [0.717, 1.165) is 50.1 Å². The molecule has 1 heterocycles. The molecule has 252 valence electrons. The van der Waals surface area contributed by atoms with Crippen LogP contribution >= 0.6 is 0 Å². The van der Waals surface area contributed by atoms with E-state index in [1.165, 1.54) is 44.5 Å². The quantitative estimate of drug-likeness (QED) is 0.174. The van der Waals surface area contributed by atoms with E-state index in [-0.39, 0.29) is 5.41 Å². The molecule has 0 bridgehead atoms. The van der Waals surface area contributed by atoms with Gasteiger partial charge < -0.3 is 9.32 Å². The summed E-state index contributed by atoms with van der Waals surface area (Å²) in [5.41, 5.74) is 17.6. The molecule has 0 saturated heterocycles. The van der Waals surface area contributed by atoms with E-state index in [1.807, 2.05) is 12.1 Å². The highest BCUT2D eigenvalue weighted by Crippen LogP contribution is 2.51. The molecule has 10 rings (SSSR count). The number of nitrogens with zero attached hydrogens (tertiary/aromatic N) is 1. The summed E-state index contributed by atoms with van der Waals surface area (Å²) in [6.07, 6.45) is 0. The van der Waals surface area contributed by atoms with Crippen LogP contribution in [0.2, 0.25) is 0 Å². The minimum absolute atomic E-state index is 0.139. The first-order valence-corrected chi connectivity index (χ1v) is 18.3. The zero-order chi connectivity index (χ0) is 35.5. The van der Waals surface area contributed by atoms with Gasteiger partial charge in [-0.2, -0.15) is 0 Å². The van der Waals surface area contributed by atoms with E-state index >= 15 is 0 Å². The average molecular weight is 680 g/mol. The van der Waals surface area contributed by atoms with Crippen LogP contribution in [0.3, 0.4) is 0 Å². The van der Waals surface area contributed by atoms with Crippen LogP contribution in [-0.2, 0) is 5.41 Å². The standard InChI is InChI=1S/C51H37NO/c1-51(2)47-32-38(34-12-5-3-6-13-34)26-30-43(47)44-31-29-41(33-48(44)51)52(39-14-7-4-8-15-39)40-27-24-36(25-28-40)35-20-22-37(23-21-35)42-17-11-18-46-45-16-9-10-19-49(45)53-50(42)46/h3-33H,1-2H3. The molecule has 0 radical (unpaired) electrons. The lowest BCUT2D eigenvalue weighted by Crippen LogP contribution is -2.16. The van der Waals surface area contributed by atoms with Gasteiger partial charge in [0.15, 0.2) is 0 Å². The molecule has 0 spiro atoms. The Morgan fingerprint density at radius 2 is 0.906 bits per heavy atom. The van der Waals surface area contributed by atoms with Gasteiger partial charge in [-0.25, -0.2) is 0 Å². The van der Waals surface area contributed by atoms with E-state index in [4.69, 9.17) is 4.42 Å². The van der Waals surface area contributed by atoms with Crippen molar-refractivity contribution in [3.8, 4) is 44.5 Å². The molecule has 0 aliphatic heterocycles. The third kappa shape index (κ3) is 5.18. The third-order valence-electron chi connectivity index (χ3n) is 11.1. The number of anilines is 3. The number of para-hydroxylation sites is 3. The van der Waals surface area contributed by atoms with Crippen molar-refractivity contribution in [3.05, 3.63) is 199 Å². The fourth-order valence-electron chi connectivity index (χ4n) is 8.32. The van der Waals surface area contributed by atoms with Crippen LogP contribution in [0.1, 0.15) is 25.0 Å². The van der Waals surface area contributed by atoms with Gasteiger partial charge >= 0.3 is 0 Å². The van der Waals surface area contributed by atoms with Gasteiger partial charge in [-0.05, 0) is 98.6 Å².